The number of likely N-dealkylation sites (N-methyl/N-ethyl adjacent to an activating group) is 1. The fourth-order valence-electron chi connectivity index (χ4n) is 2.03. The van der Waals surface area contributed by atoms with E-state index in [1.165, 1.54) is 7.05 Å². The molecule has 136 valence electrons. The molecule has 0 aliphatic heterocycles. The zero-order valence-electron chi connectivity index (χ0n) is 13.4. The summed E-state index contributed by atoms with van der Waals surface area (Å²) in [6.45, 7) is 0.195. The van der Waals surface area contributed by atoms with Gasteiger partial charge in [-0.3, -0.25) is 19.1 Å². The topological polar surface area (TPSA) is 113 Å². The summed E-state index contributed by atoms with van der Waals surface area (Å²) >= 11 is 0. The van der Waals surface area contributed by atoms with Gasteiger partial charge in [-0.05, 0) is 6.42 Å². The maximum Gasteiger partial charge on any atom is 0.405 e. The van der Waals surface area contributed by atoms with Crippen molar-refractivity contribution in [2.45, 2.75) is 32.5 Å². The predicted octanol–water partition coefficient (Wildman–Crippen LogP) is 0.0336. The minimum atomic E-state index is -4.53. The molecule has 0 aliphatic carbocycles. The Morgan fingerprint density at radius 1 is 1.38 bits per heavy atom. The van der Waals surface area contributed by atoms with Crippen LogP contribution in [0.4, 0.5) is 24.7 Å². The summed E-state index contributed by atoms with van der Waals surface area (Å²) in [7, 11) is 1.32. The largest absolute Gasteiger partial charge is 0.405 e. The summed E-state index contributed by atoms with van der Waals surface area (Å²) in [5, 5.41) is 1.70. The van der Waals surface area contributed by atoms with Crippen LogP contribution in [0.3, 0.4) is 0 Å². The number of nitrogens with one attached hydrogen (secondary N) is 2. The maximum absolute atomic E-state index is 12.1. The van der Waals surface area contributed by atoms with Gasteiger partial charge in [-0.25, -0.2) is 4.79 Å². The lowest BCUT2D eigenvalue weighted by atomic mass is 10.3. The molecule has 0 spiro atoms. The van der Waals surface area contributed by atoms with E-state index in [9.17, 15) is 27.6 Å². The number of alkyl halides is 3. The van der Waals surface area contributed by atoms with E-state index in [0.29, 0.717) is 6.42 Å². The average Bonchev–Trinajstić information content (AvgIpc) is 2.43. The van der Waals surface area contributed by atoms with Crippen LogP contribution in [0.5, 0.6) is 0 Å². The summed E-state index contributed by atoms with van der Waals surface area (Å²) in [4.78, 5) is 38.4. The smallest absolute Gasteiger partial charge is 0.383 e. The fourth-order valence-corrected chi connectivity index (χ4v) is 2.03. The molecule has 1 heterocycles. The first-order chi connectivity index (χ1) is 11.1. The second kappa shape index (κ2) is 7.88. The molecular weight excluding hydrogens is 331 g/mol. The first kappa shape index (κ1) is 19.6. The quantitative estimate of drug-likeness (QED) is 0.642. The Hall–Kier alpha value is -2.46. The zero-order chi connectivity index (χ0) is 18.5. The lowest BCUT2D eigenvalue weighted by Gasteiger charge is -2.21. The van der Waals surface area contributed by atoms with Crippen molar-refractivity contribution in [3.8, 4) is 0 Å². The van der Waals surface area contributed by atoms with Crippen LogP contribution in [-0.4, -0.2) is 41.8 Å². The number of hydrogen-bond acceptors (Lipinski definition) is 5. The number of unbranched alkanes of at least 4 members (excludes halogenated alkanes) is 1. The van der Waals surface area contributed by atoms with Gasteiger partial charge in [0.1, 0.15) is 18.1 Å². The summed E-state index contributed by atoms with van der Waals surface area (Å²) in [5.74, 6) is -1.07. The third kappa shape index (κ3) is 5.32. The standard InChI is InChI=1S/C13H20F3N5O3/c1-3-4-5-21-10(17)9(11(23)19-12(21)24)20(2)6-8(22)18-7-13(14,15)16/h3-7,17H2,1-2H3,(H,18,22)(H,19,23,24). The third-order valence-corrected chi connectivity index (χ3v) is 3.20. The number of anilines is 2. The van der Waals surface area contributed by atoms with Gasteiger partial charge >= 0.3 is 11.9 Å². The molecule has 8 nitrogen and oxygen atoms in total. The molecule has 0 aliphatic rings. The van der Waals surface area contributed by atoms with Crippen LogP contribution in [0, 0.1) is 0 Å². The lowest BCUT2D eigenvalue weighted by Crippen LogP contribution is -2.43. The number of amides is 1. The molecule has 0 saturated carbocycles. The van der Waals surface area contributed by atoms with Crippen LogP contribution in [0.25, 0.3) is 0 Å². The first-order valence-corrected chi connectivity index (χ1v) is 7.24. The van der Waals surface area contributed by atoms with Crippen molar-refractivity contribution in [1.29, 1.82) is 0 Å². The number of aromatic nitrogens is 2. The van der Waals surface area contributed by atoms with Crippen molar-refractivity contribution in [3.05, 3.63) is 20.8 Å². The molecule has 1 aromatic heterocycles. The Kier molecular flexibility index (Phi) is 6.43. The van der Waals surface area contributed by atoms with Gasteiger partial charge in [0.15, 0.2) is 0 Å². The summed E-state index contributed by atoms with van der Waals surface area (Å²) in [5.41, 5.74) is 4.20. The molecule has 0 aromatic carbocycles. The number of aromatic amines is 1. The molecule has 24 heavy (non-hydrogen) atoms. The van der Waals surface area contributed by atoms with Crippen LogP contribution in [0.1, 0.15) is 19.8 Å². The minimum absolute atomic E-state index is 0.136. The van der Waals surface area contributed by atoms with Crippen molar-refractivity contribution < 1.29 is 18.0 Å². The lowest BCUT2D eigenvalue weighted by molar-refractivity contribution is -0.137. The Morgan fingerprint density at radius 3 is 2.54 bits per heavy atom. The molecule has 11 heteroatoms. The van der Waals surface area contributed by atoms with Gasteiger partial charge in [0.05, 0.1) is 6.54 Å². The van der Waals surface area contributed by atoms with E-state index < -0.39 is 36.4 Å². The van der Waals surface area contributed by atoms with Crippen molar-refractivity contribution in [1.82, 2.24) is 14.9 Å². The number of nitrogens with zero attached hydrogens (tertiary/aromatic N) is 2. The molecule has 0 radical (unpaired) electrons. The van der Waals surface area contributed by atoms with Gasteiger partial charge in [-0.1, -0.05) is 13.3 Å². The van der Waals surface area contributed by atoms with E-state index in [1.807, 2.05) is 6.92 Å². The van der Waals surface area contributed by atoms with Gasteiger partial charge in [-0.15, -0.1) is 0 Å². The normalized spacial score (nSPS) is 11.4. The highest BCUT2D eigenvalue weighted by molar-refractivity contribution is 5.82. The highest BCUT2D eigenvalue weighted by Gasteiger charge is 2.28. The highest BCUT2D eigenvalue weighted by atomic mass is 19.4. The van der Waals surface area contributed by atoms with E-state index in [-0.39, 0.29) is 18.1 Å². The monoisotopic (exact) mass is 351 g/mol. The zero-order valence-corrected chi connectivity index (χ0v) is 13.4. The minimum Gasteiger partial charge on any atom is -0.383 e. The number of halogens is 3. The van der Waals surface area contributed by atoms with Crippen LogP contribution < -0.4 is 27.2 Å². The fraction of sp³-hybridized carbons (Fsp3) is 0.615. The molecule has 1 aromatic rings. The number of carbonyl (C=O) groups is 1. The van der Waals surface area contributed by atoms with Crippen molar-refractivity contribution in [3.63, 3.8) is 0 Å². The van der Waals surface area contributed by atoms with Gasteiger partial charge < -0.3 is 16.0 Å². The van der Waals surface area contributed by atoms with E-state index in [1.54, 1.807) is 5.32 Å². The van der Waals surface area contributed by atoms with E-state index in [0.717, 1.165) is 15.9 Å². The number of hydrogen-bond donors (Lipinski definition) is 3. The van der Waals surface area contributed by atoms with Crippen LogP contribution >= 0.6 is 0 Å². The molecule has 0 fully saturated rings. The molecule has 0 bridgehead atoms. The molecule has 0 atom stereocenters. The van der Waals surface area contributed by atoms with Gasteiger partial charge in [0, 0.05) is 13.6 Å². The van der Waals surface area contributed by atoms with E-state index in [4.69, 9.17) is 5.73 Å². The molecule has 0 saturated heterocycles. The first-order valence-electron chi connectivity index (χ1n) is 7.24. The van der Waals surface area contributed by atoms with Crippen molar-refractivity contribution >= 4 is 17.4 Å². The highest BCUT2D eigenvalue weighted by Crippen LogP contribution is 2.15. The molecular formula is C13H20F3N5O3. The Bertz CT molecular complexity index is 696. The van der Waals surface area contributed by atoms with Crippen LogP contribution in [0.2, 0.25) is 0 Å². The van der Waals surface area contributed by atoms with Crippen molar-refractivity contribution in [2.75, 3.05) is 30.8 Å². The number of rotatable bonds is 7. The molecule has 1 rings (SSSR count). The van der Waals surface area contributed by atoms with E-state index in [2.05, 4.69) is 4.98 Å². The molecule has 4 N–H and O–H groups in total. The second-order valence-electron chi connectivity index (χ2n) is 5.25. The van der Waals surface area contributed by atoms with Crippen LogP contribution in [-0.2, 0) is 11.3 Å². The number of nitrogens with two attached hydrogens (primary N) is 1. The van der Waals surface area contributed by atoms with Crippen LogP contribution in [0.15, 0.2) is 9.59 Å². The maximum atomic E-state index is 12.1. The molecule has 1 amide bonds. The Labute approximate surface area is 135 Å². The summed E-state index contributed by atoms with van der Waals surface area (Å²) < 4.78 is 37.4. The Balaban J connectivity index is 2.98. The average molecular weight is 351 g/mol. The van der Waals surface area contributed by atoms with Gasteiger partial charge in [0.25, 0.3) is 5.56 Å². The predicted molar refractivity (Wildman–Crippen MR) is 83.0 cm³/mol. The molecule has 0 unspecified atom stereocenters. The van der Waals surface area contributed by atoms with Gasteiger partial charge in [0.2, 0.25) is 5.91 Å². The number of nitrogen functional groups attached to an aromatic ring is 1. The summed E-state index contributed by atoms with van der Waals surface area (Å²) in [6, 6.07) is 0. The van der Waals surface area contributed by atoms with E-state index >= 15 is 0 Å². The van der Waals surface area contributed by atoms with Gasteiger partial charge in [-0.2, -0.15) is 13.2 Å². The second-order valence-corrected chi connectivity index (χ2v) is 5.25. The van der Waals surface area contributed by atoms with Crippen molar-refractivity contribution in [2.24, 2.45) is 0 Å². The number of carbonyl (C=O) groups excluding carboxylic acids is 1. The number of H-pyrrole nitrogens is 1. The third-order valence-electron chi connectivity index (χ3n) is 3.20. The Morgan fingerprint density at radius 2 is 2.00 bits per heavy atom. The SMILES string of the molecule is CCCCn1c(N)c(N(C)CC(=O)NCC(F)(F)F)c(=O)[nH]c1=O. The summed E-state index contributed by atoms with van der Waals surface area (Å²) in [6.07, 6.45) is -3.10.